The molecule has 42 heavy (non-hydrogen) atoms. The quantitative estimate of drug-likeness (QED) is 0.0446. The molecule has 6 heteroatoms. The SMILES string of the molecule is CCCCCCCCCCCCPS(=O)(=O)O.CCCCCCCCCCCC[P+](CCCC)(CCCC)CCCC. The summed E-state index contributed by atoms with van der Waals surface area (Å²) in [6, 6.07) is 0. The zero-order chi connectivity index (χ0) is 31.6. The molecular weight excluding hydrogens is 574 g/mol. The Bertz CT molecular complexity index is 591. The summed E-state index contributed by atoms with van der Waals surface area (Å²) in [5.41, 5.74) is 0. The zero-order valence-electron chi connectivity index (χ0n) is 29.5. The van der Waals surface area contributed by atoms with Crippen LogP contribution < -0.4 is 0 Å². The molecule has 256 valence electrons. The second-order valence-electron chi connectivity index (χ2n) is 13.0. The maximum absolute atomic E-state index is 10.5. The van der Waals surface area contributed by atoms with Crippen LogP contribution in [0.25, 0.3) is 0 Å². The Morgan fingerprint density at radius 1 is 0.405 bits per heavy atom. The van der Waals surface area contributed by atoms with E-state index in [4.69, 9.17) is 4.55 Å². The topological polar surface area (TPSA) is 54.4 Å². The van der Waals surface area contributed by atoms with Crippen LogP contribution >= 0.6 is 15.0 Å². The number of rotatable bonds is 32. The molecule has 0 amide bonds. The van der Waals surface area contributed by atoms with Gasteiger partial charge in [-0.2, -0.15) is 8.42 Å². The van der Waals surface area contributed by atoms with Crippen LogP contribution in [0.1, 0.15) is 202 Å². The molecule has 0 radical (unpaired) electrons. The van der Waals surface area contributed by atoms with Gasteiger partial charge in [0.05, 0.1) is 24.6 Å². The maximum Gasteiger partial charge on any atom is 0.278 e. The Labute approximate surface area is 269 Å². The van der Waals surface area contributed by atoms with Gasteiger partial charge in [0.1, 0.15) is 0 Å². The highest BCUT2D eigenvalue weighted by Crippen LogP contribution is 2.61. The average Bonchev–Trinajstić information content (AvgIpc) is 2.97. The summed E-state index contributed by atoms with van der Waals surface area (Å²) in [5, 5.41) is 0. The highest BCUT2D eigenvalue weighted by molar-refractivity contribution is 8.40. The summed E-state index contributed by atoms with van der Waals surface area (Å²) in [6.07, 6.45) is 43.1. The van der Waals surface area contributed by atoms with Crippen molar-refractivity contribution in [2.45, 2.75) is 202 Å². The molecule has 0 saturated carbocycles. The lowest BCUT2D eigenvalue weighted by Crippen LogP contribution is -2.13. The van der Waals surface area contributed by atoms with Crippen molar-refractivity contribution in [1.29, 1.82) is 0 Å². The molecule has 0 bridgehead atoms. The zero-order valence-corrected chi connectivity index (χ0v) is 32.3. The number of unbranched alkanes of at least 4 members (excludes halogenated alkanes) is 21. The van der Waals surface area contributed by atoms with E-state index in [0.29, 0.717) is 6.16 Å². The first kappa shape index (κ1) is 44.9. The van der Waals surface area contributed by atoms with Crippen molar-refractivity contribution in [3.8, 4) is 0 Å². The maximum atomic E-state index is 10.5. The van der Waals surface area contributed by atoms with Crippen LogP contribution in [-0.4, -0.2) is 43.8 Å². The molecule has 3 nitrogen and oxygen atoms in total. The number of hydrogen-bond acceptors (Lipinski definition) is 2. The molecule has 0 spiro atoms. The van der Waals surface area contributed by atoms with Gasteiger partial charge in [0.2, 0.25) is 0 Å². The largest absolute Gasteiger partial charge is 0.283 e. The van der Waals surface area contributed by atoms with Gasteiger partial charge in [-0.25, -0.2) is 0 Å². The van der Waals surface area contributed by atoms with E-state index in [1.807, 2.05) is 0 Å². The van der Waals surface area contributed by atoms with Crippen LogP contribution in [0, 0.1) is 0 Å². The molecule has 0 aliphatic heterocycles. The third kappa shape index (κ3) is 35.3. The smallest absolute Gasteiger partial charge is 0.278 e. The van der Waals surface area contributed by atoms with Crippen molar-refractivity contribution in [1.82, 2.24) is 0 Å². The third-order valence-corrected chi connectivity index (χ3v) is 16.4. The minimum Gasteiger partial charge on any atom is -0.283 e. The summed E-state index contributed by atoms with van der Waals surface area (Å²) >= 11 is 0. The van der Waals surface area contributed by atoms with Crippen LogP contribution in [-0.2, 0) is 9.74 Å². The van der Waals surface area contributed by atoms with E-state index < -0.39 is 17.0 Å². The van der Waals surface area contributed by atoms with Gasteiger partial charge in [-0.3, -0.25) is 4.55 Å². The van der Waals surface area contributed by atoms with E-state index in [1.54, 1.807) is 31.1 Å². The Kier molecular flexibility index (Phi) is 37.0. The molecule has 1 unspecified atom stereocenters. The van der Waals surface area contributed by atoms with E-state index in [9.17, 15) is 8.42 Å². The van der Waals surface area contributed by atoms with Crippen molar-refractivity contribution in [3.63, 3.8) is 0 Å². The van der Waals surface area contributed by atoms with E-state index in [1.165, 1.54) is 148 Å². The van der Waals surface area contributed by atoms with Gasteiger partial charge >= 0.3 is 0 Å². The first-order valence-electron chi connectivity index (χ1n) is 18.9. The first-order chi connectivity index (χ1) is 20.3. The predicted octanol–water partition coefficient (Wildman–Crippen LogP) is 13.7. The van der Waals surface area contributed by atoms with Crippen LogP contribution in [0.5, 0.6) is 0 Å². The molecule has 0 aromatic heterocycles. The normalized spacial score (nSPS) is 12.2. The molecular formula is C36H79O3P2S+. The van der Waals surface area contributed by atoms with Gasteiger partial charge in [0, 0.05) is 15.0 Å². The molecule has 0 rings (SSSR count). The Morgan fingerprint density at radius 3 is 0.976 bits per heavy atom. The second kappa shape index (κ2) is 34.6. The summed E-state index contributed by atoms with van der Waals surface area (Å²) < 4.78 is 29.5. The van der Waals surface area contributed by atoms with Crippen molar-refractivity contribution in [2.24, 2.45) is 0 Å². The number of hydrogen-bond donors (Lipinski definition) is 1. The van der Waals surface area contributed by atoms with Crippen LogP contribution in [0.3, 0.4) is 0 Å². The van der Waals surface area contributed by atoms with Crippen LogP contribution in [0.4, 0.5) is 0 Å². The molecule has 1 N–H and O–H groups in total. The van der Waals surface area contributed by atoms with E-state index in [0.717, 1.165) is 12.8 Å². The molecule has 0 aliphatic carbocycles. The minimum atomic E-state index is -3.71. The Balaban J connectivity index is 0. The first-order valence-corrected chi connectivity index (χ1v) is 24.8. The summed E-state index contributed by atoms with van der Waals surface area (Å²) in [6.45, 7) is 11.7. The average molecular weight is 654 g/mol. The third-order valence-electron chi connectivity index (χ3n) is 8.76. The van der Waals surface area contributed by atoms with Gasteiger partial charge in [-0.1, -0.05) is 163 Å². The van der Waals surface area contributed by atoms with E-state index in [-0.39, 0.29) is 7.78 Å². The van der Waals surface area contributed by atoms with E-state index >= 15 is 0 Å². The highest BCUT2D eigenvalue weighted by atomic mass is 32.8. The van der Waals surface area contributed by atoms with E-state index in [2.05, 4.69) is 34.6 Å². The molecule has 0 aromatic carbocycles. The van der Waals surface area contributed by atoms with Crippen molar-refractivity contribution in [2.75, 3.05) is 30.8 Å². The van der Waals surface area contributed by atoms with Gasteiger partial charge in [0.25, 0.3) is 9.74 Å². The van der Waals surface area contributed by atoms with Crippen LogP contribution in [0.2, 0.25) is 0 Å². The van der Waals surface area contributed by atoms with Gasteiger partial charge in [0.15, 0.2) is 0 Å². The lowest BCUT2D eigenvalue weighted by atomic mass is 10.1. The lowest BCUT2D eigenvalue weighted by Gasteiger charge is -2.28. The summed E-state index contributed by atoms with van der Waals surface area (Å²) in [4.78, 5) is 0. The van der Waals surface area contributed by atoms with Crippen molar-refractivity contribution in [3.05, 3.63) is 0 Å². The van der Waals surface area contributed by atoms with Gasteiger partial charge in [-0.15, -0.1) is 0 Å². The highest BCUT2D eigenvalue weighted by Gasteiger charge is 2.34. The summed E-state index contributed by atoms with van der Waals surface area (Å²) in [7, 11) is -4.65. The van der Waals surface area contributed by atoms with Crippen molar-refractivity contribution < 1.29 is 13.0 Å². The minimum absolute atomic E-state index is 0.319. The van der Waals surface area contributed by atoms with Gasteiger partial charge in [-0.05, 0) is 44.7 Å². The molecule has 1 atom stereocenters. The fourth-order valence-electron chi connectivity index (χ4n) is 5.90. The molecule has 0 fully saturated rings. The fraction of sp³-hybridized carbons (Fsp3) is 1.00. The van der Waals surface area contributed by atoms with Crippen molar-refractivity contribution >= 4 is 24.8 Å². The molecule has 0 aromatic rings. The monoisotopic (exact) mass is 654 g/mol. The standard InChI is InChI=1S/C24H52P.C12H27O3PS/c1-5-9-13-14-15-16-17-18-19-20-24-25(21-10-6-2,22-11-7-3)23-12-8-4;1-2-3-4-5-6-7-8-9-10-11-12-16-17(13,14)15/h5-24H2,1-4H3;16H,2-12H2,1H3,(H,13,14,15)/q+1;. The molecule has 0 aliphatic rings. The fourth-order valence-corrected chi connectivity index (χ4v) is 13.0. The van der Waals surface area contributed by atoms with Gasteiger partial charge < -0.3 is 0 Å². The predicted molar refractivity (Wildman–Crippen MR) is 200 cm³/mol. The molecule has 0 saturated heterocycles. The summed E-state index contributed by atoms with van der Waals surface area (Å²) in [5.74, 6) is 0. The Morgan fingerprint density at radius 2 is 0.667 bits per heavy atom. The van der Waals surface area contributed by atoms with Crippen LogP contribution in [0.15, 0.2) is 0 Å². The Hall–Kier alpha value is 0.770. The molecule has 0 heterocycles. The lowest BCUT2D eigenvalue weighted by molar-refractivity contribution is 0.502. The second-order valence-corrected chi connectivity index (χ2v) is 21.7.